The van der Waals surface area contributed by atoms with Crippen LogP contribution in [0.5, 0.6) is 11.5 Å². The maximum atomic E-state index is 13.6. The van der Waals surface area contributed by atoms with Crippen molar-refractivity contribution in [3.63, 3.8) is 0 Å². The summed E-state index contributed by atoms with van der Waals surface area (Å²) in [6.45, 7) is 0.128. The topological polar surface area (TPSA) is 78.4 Å². The van der Waals surface area contributed by atoms with Crippen LogP contribution in [-0.2, 0) is 6.54 Å². The highest BCUT2D eigenvalue weighted by molar-refractivity contribution is 9.10. The van der Waals surface area contributed by atoms with E-state index in [1.54, 1.807) is 12.1 Å². The van der Waals surface area contributed by atoms with Gasteiger partial charge in [-0.05, 0) is 34.1 Å². The van der Waals surface area contributed by atoms with Gasteiger partial charge in [-0.1, -0.05) is 11.6 Å². The first kappa shape index (κ1) is 15.7. The number of halogens is 3. The summed E-state index contributed by atoms with van der Waals surface area (Å²) < 4.78 is 19.0. The van der Waals surface area contributed by atoms with Gasteiger partial charge in [-0.2, -0.15) is 0 Å². The lowest BCUT2D eigenvalue weighted by molar-refractivity contribution is -0.385. The summed E-state index contributed by atoms with van der Waals surface area (Å²) >= 11 is 8.74. The quantitative estimate of drug-likeness (QED) is 0.634. The first-order chi connectivity index (χ1) is 9.92. The van der Waals surface area contributed by atoms with Gasteiger partial charge >= 0.3 is 5.69 Å². The second kappa shape index (κ2) is 6.38. The van der Waals surface area contributed by atoms with Crippen LogP contribution in [0.1, 0.15) is 5.56 Å². The van der Waals surface area contributed by atoms with E-state index in [-0.39, 0.29) is 28.2 Å². The zero-order chi connectivity index (χ0) is 15.6. The van der Waals surface area contributed by atoms with E-state index in [0.29, 0.717) is 10.6 Å². The third-order valence-electron chi connectivity index (χ3n) is 2.66. The molecule has 0 aromatic heterocycles. The number of rotatable bonds is 4. The second-order valence-electron chi connectivity index (χ2n) is 4.05. The normalized spacial score (nSPS) is 10.5. The molecule has 0 spiro atoms. The second-order valence-corrected chi connectivity index (χ2v) is 5.34. The molecular weight excluding hydrogens is 367 g/mol. The molecule has 0 heterocycles. The number of hydrogen-bond donors (Lipinski definition) is 1. The van der Waals surface area contributed by atoms with E-state index in [0.717, 1.165) is 12.1 Å². The number of nitrogens with zero attached hydrogens (tertiary/aromatic N) is 1. The van der Waals surface area contributed by atoms with Gasteiger partial charge in [-0.15, -0.1) is 0 Å². The monoisotopic (exact) mass is 374 g/mol. The van der Waals surface area contributed by atoms with Crippen molar-refractivity contribution in [2.24, 2.45) is 5.73 Å². The molecule has 0 saturated heterocycles. The van der Waals surface area contributed by atoms with Crippen molar-refractivity contribution in [1.82, 2.24) is 0 Å². The highest BCUT2D eigenvalue weighted by atomic mass is 79.9. The van der Waals surface area contributed by atoms with Gasteiger partial charge in [0.25, 0.3) is 0 Å². The highest BCUT2D eigenvalue weighted by Gasteiger charge is 2.20. The van der Waals surface area contributed by atoms with Gasteiger partial charge in [-0.3, -0.25) is 10.1 Å². The fourth-order valence-corrected chi connectivity index (χ4v) is 2.19. The van der Waals surface area contributed by atoms with Crippen molar-refractivity contribution in [3.05, 3.63) is 61.3 Å². The highest BCUT2D eigenvalue weighted by Crippen LogP contribution is 2.37. The minimum absolute atomic E-state index is 0.0169. The van der Waals surface area contributed by atoms with Crippen molar-refractivity contribution in [3.8, 4) is 11.5 Å². The summed E-state index contributed by atoms with van der Waals surface area (Å²) in [5.41, 5.74) is 5.77. The van der Waals surface area contributed by atoms with E-state index >= 15 is 0 Å². The summed E-state index contributed by atoms with van der Waals surface area (Å²) in [6.07, 6.45) is 0. The molecule has 0 radical (unpaired) electrons. The Morgan fingerprint density at radius 1 is 1.33 bits per heavy atom. The Hall–Kier alpha value is -1.70. The average Bonchev–Trinajstić information content (AvgIpc) is 2.44. The molecule has 0 unspecified atom stereocenters. The van der Waals surface area contributed by atoms with Crippen molar-refractivity contribution < 1.29 is 14.1 Å². The van der Waals surface area contributed by atoms with Crippen LogP contribution in [0.25, 0.3) is 0 Å². The summed E-state index contributed by atoms with van der Waals surface area (Å²) in [5, 5.41) is 11.5. The Morgan fingerprint density at radius 3 is 2.67 bits per heavy atom. The molecule has 21 heavy (non-hydrogen) atoms. The van der Waals surface area contributed by atoms with Crippen LogP contribution in [-0.4, -0.2) is 4.92 Å². The molecule has 2 aromatic rings. The van der Waals surface area contributed by atoms with Crippen LogP contribution >= 0.6 is 27.5 Å². The molecule has 2 aromatic carbocycles. The molecule has 0 aliphatic rings. The SMILES string of the molecule is NCc1cc(Cl)ccc1Oc1cc(F)c(Br)cc1[N+](=O)[O-]. The lowest BCUT2D eigenvalue weighted by Gasteiger charge is -2.11. The first-order valence-electron chi connectivity index (χ1n) is 5.72. The molecule has 0 aliphatic heterocycles. The van der Waals surface area contributed by atoms with E-state index in [1.807, 2.05) is 0 Å². The minimum Gasteiger partial charge on any atom is -0.450 e. The lowest BCUT2D eigenvalue weighted by atomic mass is 10.2. The molecular formula is C13H9BrClFN2O3. The van der Waals surface area contributed by atoms with E-state index in [2.05, 4.69) is 15.9 Å². The number of nitro groups is 1. The van der Waals surface area contributed by atoms with Crippen LogP contribution in [0, 0.1) is 15.9 Å². The summed E-state index contributed by atoms with van der Waals surface area (Å²) in [7, 11) is 0. The summed E-state index contributed by atoms with van der Waals surface area (Å²) in [4.78, 5) is 10.4. The van der Waals surface area contributed by atoms with Gasteiger partial charge < -0.3 is 10.5 Å². The zero-order valence-corrected chi connectivity index (χ0v) is 12.8. The first-order valence-corrected chi connectivity index (χ1v) is 6.89. The van der Waals surface area contributed by atoms with E-state index in [1.165, 1.54) is 6.07 Å². The standard InChI is InChI=1S/C13H9BrClFN2O3/c14-9-4-11(18(19)20)13(5-10(9)16)21-12-2-1-8(15)3-7(12)6-17/h1-5H,6,17H2. The molecule has 2 N–H and O–H groups in total. The van der Waals surface area contributed by atoms with Gasteiger partial charge in [0.1, 0.15) is 11.6 Å². The Morgan fingerprint density at radius 2 is 2.05 bits per heavy atom. The third kappa shape index (κ3) is 3.49. The lowest BCUT2D eigenvalue weighted by Crippen LogP contribution is -2.01. The Balaban J connectivity index is 2.48. The van der Waals surface area contributed by atoms with Crippen molar-refractivity contribution >= 4 is 33.2 Å². The van der Waals surface area contributed by atoms with Gasteiger partial charge in [0.05, 0.1) is 9.40 Å². The fourth-order valence-electron chi connectivity index (χ4n) is 1.67. The van der Waals surface area contributed by atoms with Crippen molar-refractivity contribution in [2.45, 2.75) is 6.54 Å². The molecule has 0 bridgehead atoms. The van der Waals surface area contributed by atoms with Crippen LogP contribution in [0.2, 0.25) is 5.02 Å². The Bertz CT molecular complexity index is 712. The molecule has 110 valence electrons. The number of hydrogen-bond acceptors (Lipinski definition) is 4. The molecule has 0 fully saturated rings. The minimum atomic E-state index is -0.668. The fraction of sp³-hybridized carbons (Fsp3) is 0.0769. The molecule has 0 atom stereocenters. The number of benzene rings is 2. The van der Waals surface area contributed by atoms with Crippen molar-refractivity contribution in [2.75, 3.05) is 0 Å². The van der Waals surface area contributed by atoms with Crippen LogP contribution in [0.3, 0.4) is 0 Å². The van der Waals surface area contributed by atoms with E-state index < -0.39 is 10.7 Å². The molecule has 0 aliphatic carbocycles. The molecule has 0 amide bonds. The maximum Gasteiger partial charge on any atom is 0.312 e. The van der Waals surface area contributed by atoms with Gasteiger partial charge in [-0.25, -0.2) is 4.39 Å². The summed E-state index contributed by atoms with van der Waals surface area (Å²) in [6, 6.07) is 6.64. The van der Waals surface area contributed by atoms with E-state index in [4.69, 9.17) is 22.1 Å². The largest absolute Gasteiger partial charge is 0.450 e. The van der Waals surface area contributed by atoms with Crippen molar-refractivity contribution in [1.29, 1.82) is 0 Å². The van der Waals surface area contributed by atoms with Gasteiger partial charge in [0.15, 0.2) is 0 Å². The van der Waals surface area contributed by atoms with Gasteiger partial charge in [0.2, 0.25) is 5.75 Å². The molecule has 2 rings (SSSR count). The zero-order valence-electron chi connectivity index (χ0n) is 10.5. The number of nitrogens with two attached hydrogens (primary N) is 1. The predicted octanol–water partition coefficient (Wildman–Crippen LogP) is 4.40. The third-order valence-corrected chi connectivity index (χ3v) is 3.50. The van der Waals surface area contributed by atoms with Crippen LogP contribution in [0.15, 0.2) is 34.8 Å². The summed E-state index contributed by atoms with van der Waals surface area (Å²) in [5.74, 6) is -0.594. The smallest absolute Gasteiger partial charge is 0.312 e. The predicted molar refractivity (Wildman–Crippen MR) is 80.2 cm³/mol. The van der Waals surface area contributed by atoms with E-state index in [9.17, 15) is 14.5 Å². The number of nitro benzene ring substituents is 1. The molecule has 8 heteroatoms. The Kier molecular flexibility index (Phi) is 4.76. The maximum absolute atomic E-state index is 13.6. The van der Waals surface area contributed by atoms with Gasteiger partial charge in [0, 0.05) is 29.3 Å². The van der Waals surface area contributed by atoms with Crippen LogP contribution < -0.4 is 10.5 Å². The van der Waals surface area contributed by atoms with Crippen LogP contribution in [0.4, 0.5) is 10.1 Å². The molecule has 5 nitrogen and oxygen atoms in total. The average molecular weight is 376 g/mol. The molecule has 0 saturated carbocycles. The number of ether oxygens (including phenoxy) is 1. The Labute approximate surface area is 132 Å².